The van der Waals surface area contributed by atoms with E-state index in [9.17, 15) is 18.0 Å². The van der Waals surface area contributed by atoms with Crippen molar-refractivity contribution < 1.29 is 22.7 Å². The lowest BCUT2D eigenvalue weighted by Crippen LogP contribution is -2.55. The molecule has 11 heteroatoms. The van der Waals surface area contributed by atoms with Crippen molar-refractivity contribution in [1.82, 2.24) is 19.0 Å². The molecule has 0 radical (unpaired) electrons. The lowest BCUT2D eigenvalue weighted by molar-refractivity contribution is -0.140. The van der Waals surface area contributed by atoms with Gasteiger partial charge in [0.05, 0.1) is 25.7 Å². The molecule has 172 valence electrons. The van der Waals surface area contributed by atoms with Crippen molar-refractivity contribution in [1.29, 1.82) is 0 Å². The van der Waals surface area contributed by atoms with E-state index in [1.165, 1.54) is 15.6 Å². The predicted octanol–water partition coefficient (Wildman–Crippen LogP) is 0.152. The molecule has 0 aliphatic carbocycles. The maximum atomic E-state index is 13.1. The van der Waals surface area contributed by atoms with Gasteiger partial charge in [0, 0.05) is 52.4 Å². The van der Waals surface area contributed by atoms with Gasteiger partial charge in [0.15, 0.2) is 0 Å². The first kappa shape index (κ1) is 22.7. The molecule has 0 N–H and O–H groups in total. The number of piperazine rings is 1. The largest absolute Gasteiger partial charge is 0.378 e. The zero-order valence-corrected chi connectivity index (χ0v) is 19.3. The summed E-state index contributed by atoms with van der Waals surface area (Å²) in [5, 5.41) is 1.75. The Balaban J connectivity index is 1.28. The highest BCUT2D eigenvalue weighted by molar-refractivity contribution is 7.91. The smallest absolute Gasteiger partial charge is 0.252 e. The van der Waals surface area contributed by atoms with Crippen LogP contribution in [0.1, 0.15) is 12.8 Å². The molecule has 9 nitrogen and oxygen atoms in total. The predicted molar refractivity (Wildman–Crippen MR) is 116 cm³/mol. The maximum Gasteiger partial charge on any atom is 0.252 e. The minimum Gasteiger partial charge on any atom is -0.378 e. The van der Waals surface area contributed by atoms with Gasteiger partial charge in [0.1, 0.15) is 4.21 Å². The van der Waals surface area contributed by atoms with E-state index in [4.69, 9.17) is 4.74 Å². The quantitative estimate of drug-likeness (QED) is 0.609. The molecule has 4 rings (SSSR count). The van der Waals surface area contributed by atoms with Gasteiger partial charge in [-0.3, -0.25) is 14.5 Å². The number of amides is 2. The molecule has 0 spiro atoms. The zero-order valence-electron chi connectivity index (χ0n) is 17.6. The molecule has 3 saturated heterocycles. The van der Waals surface area contributed by atoms with Crippen LogP contribution >= 0.6 is 11.3 Å². The minimum atomic E-state index is -3.53. The highest BCUT2D eigenvalue weighted by Crippen LogP contribution is 2.27. The van der Waals surface area contributed by atoms with Gasteiger partial charge in [-0.1, -0.05) is 6.07 Å². The van der Waals surface area contributed by atoms with Crippen molar-refractivity contribution in [3.63, 3.8) is 0 Å². The zero-order chi connectivity index (χ0) is 21.8. The van der Waals surface area contributed by atoms with E-state index in [0.29, 0.717) is 82.6 Å². The van der Waals surface area contributed by atoms with Gasteiger partial charge >= 0.3 is 0 Å². The molecular weight excluding hydrogens is 440 g/mol. The Morgan fingerprint density at radius 1 is 1.03 bits per heavy atom. The second-order valence-electron chi connectivity index (χ2n) is 8.23. The van der Waals surface area contributed by atoms with Crippen molar-refractivity contribution >= 4 is 33.2 Å². The summed E-state index contributed by atoms with van der Waals surface area (Å²) in [5.74, 6) is -0.153. The Morgan fingerprint density at radius 3 is 2.45 bits per heavy atom. The third kappa shape index (κ3) is 5.28. The summed E-state index contributed by atoms with van der Waals surface area (Å²) in [5.41, 5.74) is 0. The van der Waals surface area contributed by atoms with E-state index in [0.717, 1.165) is 0 Å². The Hall–Kier alpha value is -1.53. The third-order valence-electron chi connectivity index (χ3n) is 6.23. The molecule has 0 bridgehead atoms. The fraction of sp³-hybridized carbons (Fsp3) is 0.700. The molecule has 1 atom stereocenters. The van der Waals surface area contributed by atoms with Crippen LogP contribution in [-0.4, -0.2) is 111 Å². The Kier molecular flexibility index (Phi) is 7.27. The number of piperidine rings is 1. The average Bonchev–Trinajstić information content (AvgIpc) is 3.36. The first-order chi connectivity index (χ1) is 14.9. The Morgan fingerprint density at radius 2 is 1.77 bits per heavy atom. The monoisotopic (exact) mass is 470 g/mol. The Bertz CT molecular complexity index is 862. The van der Waals surface area contributed by atoms with Crippen LogP contribution in [0.2, 0.25) is 0 Å². The molecule has 1 aromatic rings. The first-order valence-corrected chi connectivity index (χ1v) is 13.2. The summed E-state index contributed by atoms with van der Waals surface area (Å²) in [4.78, 5) is 31.3. The topological polar surface area (TPSA) is 90.5 Å². The number of ether oxygens (including phenoxy) is 1. The van der Waals surface area contributed by atoms with Gasteiger partial charge in [-0.25, -0.2) is 8.42 Å². The molecule has 4 heterocycles. The van der Waals surface area contributed by atoms with E-state index in [1.807, 2.05) is 9.80 Å². The summed E-state index contributed by atoms with van der Waals surface area (Å²) in [6.45, 7) is 6.01. The van der Waals surface area contributed by atoms with Crippen molar-refractivity contribution in [3.05, 3.63) is 17.5 Å². The number of hydrogen-bond donors (Lipinski definition) is 0. The normalized spacial score (nSPS) is 24.3. The van der Waals surface area contributed by atoms with Crippen molar-refractivity contribution in [3.8, 4) is 0 Å². The molecule has 31 heavy (non-hydrogen) atoms. The molecule has 3 fully saturated rings. The maximum absolute atomic E-state index is 13.1. The number of rotatable bonds is 5. The molecule has 0 unspecified atom stereocenters. The van der Waals surface area contributed by atoms with Gasteiger partial charge in [-0.15, -0.1) is 11.3 Å². The average molecular weight is 471 g/mol. The van der Waals surface area contributed by atoms with Crippen LogP contribution in [0.15, 0.2) is 21.7 Å². The molecule has 3 aliphatic rings. The fourth-order valence-corrected chi connectivity index (χ4v) is 7.06. The van der Waals surface area contributed by atoms with Crippen LogP contribution in [0.4, 0.5) is 0 Å². The van der Waals surface area contributed by atoms with Gasteiger partial charge in [0.25, 0.3) is 10.0 Å². The van der Waals surface area contributed by atoms with Crippen molar-refractivity contribution in [2.24, 2.45) is 5.92 Å². The van der Waals surface area contributed by atoms with E-state index < -0.39 is 10.0 Å². The van der Waals surface area contributed by atoms with E-state index in [1.54, 1.807) is 17.5 Å². The number of carbonyl (C=O) groups excluding carboxylic acids is 2. The molecule has 1 aromatic heterocycles. The van der Waals surface area contributed by atoms with Crippen LogP contribution in [0.3, 0.4) is 0 Å². The first-order valence-electron chi connectivity index (χ1n) is 10.9. The lowest BCUT2D eigenvalue weighted by Gasteiger charge is -2.39. The van der Waals surface area contributed by atoms with Gasteiger partial charge in [-0.2, -0.15) is 4.31 Å². The Labute approximate surface area is 187 Å². The highest BCUT2D eigenvalue weighted by Gasteiger charge is 2.36. The van der Waals surface area contributed by atoms with Crippen LogP contribution in [0, 0.1) is 5.92 Å². The van der Waals surface area contributed by atoms with Gasteiger partial charge < -0.3 is 14.5 Å². The summed E-state index contributed by atoms with van der Waals surface area (Å²) in [6.07, 6.45) is 1.40. The third-order valence-corrected chi connectivity index (χ3v) is 9.47. The highest BCUT2D eigenvalue weighted by atomic mass is 32.2. The van der Waals surface area contributed by atoms with Crippen LogP contribution in [-0.2, 0) is 24.3 Å². The number of morpholine rings is 1. The number of hydrogen-bond acceptors (Lipinski definition) is 7. The van der Waals surface area contributed by atoms with Crippen LogP contribution < -0.4 is 0 Å². The summed E-state index contributed by atoms with van der Waals surface area (Å²) in [6, 6.07) is 3.34. The lowest BCUT2D eigenvalue weighted by atomic mass is 9.98. The number of sulfonamides is 1. The molecule has 3 aliphatic heterocycles. The van der Waals surface area contributed by atoms with E-state index >= 15 is 0 Å². The second-order valence-corrected chi connectivity index (χ2v) is 11.3. The van der Waals surface area contributed by atoms with Crippen molar-refractivity contribution in [2.75, 3.05) is 72.1 Å². The molecule has 0 aromatic carbocycles. The summed E-state index contributed by atoms with van der Waals surface area (Å²) in [7, 11) is -3.53. The fourth-order valence-electron chi connectivity index (χ4n) is 4.39. The van der Waals surface area contributed by atoms with Crippen LogP contribution in [0.5, 0.6) is 0 Å². The molecule has 2 amide bonds. The number of carbonyl (C=O) groups is 2. The summed E-state index contributed by atoms with van der Waals surface area (Å²) < 4.78 is 32.7. The van der Waals surface area contributed by atoms with E-state index in [2.05, 4.69) is 4.90 Å². The second kappa shape index (κ2) is 9.95. The summed E-state index contributed by atoms with van der Waals surface area (Å²) >= 11 is 1.21. The van der Waals surface area contributed by atoms with E-state index in [-0.39, 0.29) is 24.3 Å². The molecular formula is C20H30N4O5S2. The van der Waals surface area contributed by atoms with Crippen molar-refractivity contribution in [2.45, 2.75) is 17.1 Å². The standard InChI is InChI=1S/C20H30N4O5S2/c25-18(22-10-12-29-13-11-22)16-21-6-8-23(9-7-21)20(26)17-3-1-5-24(15-17)31(27,28)19-4-2-14-30-19/h2,4,14,17H,1,3,5-13,15-16H2/t17-/m1/s1. The number of thiophene rings is 1. The number of nitrogens with zero attached hydrogens (tertiary/aromatic N) is 4. The van der Waals surface area contributed by atoms with Gasteiger partial charge in [0.2, 0.25) is 11.8 Å². The van der Waals surface area contributed by atoms with Crippen LogP contribution in [0.25, 0.3) is 0 Å². The van der Waals surface area contributed by atoms with Gasteiger partial charge in [-0.05, 0) is 24.3 Å². The SMILES string of the molecule is O=C(CN1CCN(C(=O)[C@@H]2CCCN(S(=O)(=O)c3cccs3)C2)CC1)N1CCOCC1. The minimum absolute atomic E-state index is 0.0326. The molecule has 0 saturated carbocycles.